The number of fused-ring (bicyclic) bond motifs is 3. The van der Waals surface area contributed by atoms with Gasteiger partial charge >= 0.3 is 0 Å². The minimum Gasteiger partial charge on any atom is -0.476 e. The van der Waals surface area contributed by atoms with Crippen molar-refractivity contribution in [2.24, 2.45) is 11.8 Å². The number of benzene rings is 2. The van der Waals surface area contributed by atoms with Crippen LogP contribution in [0.4, 0.5) is 0 Å². The Labute approximate surface area is 593 Å². The molecule has 4 nitrogen and oxygen atoms in total. The summed E-state index contributed by atoms with van der Waals surface area (Å²) in [7, 11) is 0. The van der Waals surface area contributed by atoms with Gasteiger partial charge in [0.1, 0.15) is 10.7 Å². The van der Waals surface area contributed by atoms with Crippen molar-refractivity contribution in [3.63, 3.8) is 0 Å². The predicted octanol–water partition coefficient (Wildman–Crippen LogP) is 28.4. The van der Waals surface area contributed by atoms with Gasteiger partial charge in [0.25, 0.3) is 0 Å². The molecule has 0 N–H and O–H groups in total. The summed E-state index contributed by atoms with van der Waals surface area (Å²) in [5.74, 6) is 2.28. The van der Waals surface area contributed by atoms with Crippen LogP contribution in [0.15, 0.2) is 60.7 Å². The highest BCUT2D eigenvalue weighted by Gasteiger charge is 2.42. The average molecular weight is 1340 g/mol. The number of hydrogen-bond donors (Lipinski definition) is 0. The normalized spacial score (nSPS) is 13.7. The van der Waals surface area contributed by atoms with Crippen LogP contribution in [-0.4, -0.2) is 23.2 Å². The zero-order valence-electron chi connectivity index (χ0n) is 62.9. The van der Waals surface area contributed by atoms with Crippen molar-refractivity contribution in [3.05, 3.63) is 103 Å². The Kier molecular flexibility index (Phi) is 42.0. The number of rotatable bonds is 59. The lowest BCUT2D eigenvalue weighted by molar-refractivity contribution is 0.203. The minimum atomic E-state index is 0.0407. The Morgan fingerprint density at radius 2 is 0.695 bits per heavy atom. The number of ether oxygens (including phenoxy) is 2. The lowest BCUT2D eigenvalue weighted by Crippen LogP contribution is -2.28. The number of hydrogen-bond acceptors (Lipinski definition) is 6. The van der Waals surface area contributed by atoms with E-state index in [4.69, 9.17) is 19.4 Å². The molecule has 2 aromatic carbocycles. The highest BCUT2D eigenvalue weighted by molar-refractivity contribution is 7.16. The average Bonchev–Trinajstić information content (AvgIpc) is 1.58. The van der Waals surface area contributed by atoms with E-state index in [0.717, 1.165) is 10.7 Å². The Balaban J connectivity index is 1.36. The molecular formula is C89H142N2O2S2. The maximum Gasteiger partial charge on any atom is 0.240 e. The molecule has 0 saturated heterocycles. The van der Waals surface area contributed by atoms with Crippen molar-refractivity contribution in [3.8, 4) is 33.3 Å². The minimum absolute atomic E-state index is 0.0407. The van der Waals surface area contributed by atoms with Crippen molar-refractivity contribution in [2.75, 3.05) is 13.2 Å². The van der Waals surface area contributed by atoms with Crippen LogP contribution >= 0.6 is 22.7 Å². The fourth-order valence-corrected chi connectivity index (χ4v) is 17.1. The zero-order valence-corrected chi connectivity index (χ0v) is 64.5. The monoisotopic (exact) mass is 1340 g/mol. The topological polar surface area (TPSA) is 44.2 Å². The van der Waals surface area contributed by atoms with Crippen LogP contribution < -0.4 is 20.2 Å². The van der Waals surface area contributed by atoms with Gasteiger partial charge in [-0.05, 0) is 135 Å². The molecular weight excluding hydrogens is 1190 g/mol. The van der Waals surface area contributed by atoms with Crippen molar-refractivity contribution in [1.82, 2.24) is 9.97 Å². The molecule has 0 aliphatic heterocycles. The SMILES string of the molecule is CCCCCCCCCCCCC(CCCCCCCCCC)COc1n/c(=C\c2ccc(-c3ccc4c(c3)C(CCCCCC)(CCCCCC)c3cc(C)ccc3-4)s2)c(OCC(CCCCCCCCCC)CCCCCCCCCCCC)n/c1=C\c1ccc(C)s1. The first-order chi connectivity index (χ1) is 46.7. The van der Waals surface area contributed by atoms with Crippen molar-refractivity contribution >= 4 is 34.8 Å². The first-order valence-corrected chi connectivity index (χ1v) is 42.7. The van der Waals surface area contributed by atoms with E-state index in [0.29, 0.717) is 36.8 Å². The lowest BCUT2D eigenvalue weighted by atomic mass is 9.70. The summed E-state index contributed by atoms with van der Waals surface area (Å²) >= 11 is 3.71. The van der Waals surface area contributed by atoms with E-state index >= 15 is 0 Å². The van der Waals surface area contributed by atoms with Crippen molar-refractivity contribution in [2.45, 2.75) is 382 Å². The first kappa shape index (κ1) is 80.2. The summed E-state index contributed by atoms with van der Waals surface area (Å²) in [6.45, 7) is 19.8. The Hall–Kier alpha value is -3.74. The van der Waals surface area contributed by atoms with Crippen LogP contribution in [0.2, 0.25) is 0 Å². The Morgan fingerprint density at radius 3 is 1.07 bits per heavy atom. The molecule has 5 aromatic rings. The highest BCUT2D eigenvalue weighted by Crippen LogP contribution is 2.55. The van der Waals surface area contributed by atoms with Gasteiger partial charge in [-0.3, -0.25) is 0 Å². The molecule has 0 fully saturated rings. The van der Waals surface area contributed by atoms with Gasteiger partial charge in [0.2, 0.25) is 11.8 Å². The molecule has 1 aliphatic rings. The van der Waals surface area contributed by atoms with E-state index < -0.39 is 0 Å². The van der Waals surface area contributed by atoms with E-state index in [2.05, 4.69) is 128 Å². The van der Waals surface area contributed by atoms with Gasteiger partial charge in [-0.2, -0.15) is 0 Å². The second-order valence-electron chi connectivity index (χ2n) is 29.9. The van der Waals surface area contributed by atoms with E-state index in [1.807, 2.05) is 22.7 Å². The van der Waals surface area contributed by atoms with Crippen LogP contribution in [0.25, 0.3) is 33.7 Å². The second kappa shape index (κ2) is 49.7. The Morgan fingerprint density at radius 1 is 0.358 bits per heavy atom. The van der Waals surface area contributed by atoms with E-state index in [1.54, 1.807) is 11.1 Å². The highest BCUT2D eigenvalue weighted by atomic mass is 32.1. The van der Waals surface area contributed by atoms with E-state index in [1.165, 1.54) is 363 Å². The summed E-state index contributed by atoms with van der Waals surface area (Å²) in [6, 6.07) is 24.0. The lowest BCUT2D eigenvalue weighted by Gasteiger charge is -2.33. The Bertz CT molecular complexity index is 2860. The van der Waals surface area contributed by atoms with Gasteiger partial charge < -0.3 is 9.47 Å². The predicted molar refractivity (Wildman–Crippen MR) is 421 cm³/mol. The van der Waals surface area contributed by atoms with Crippen LogP contribution in [0.3, 0.4) is 0 Å². The van der Waals surface area contributed by atoms with Crippen LogP contribution in [0.1, 0.15) is 394 Å². The molecule has 0 radical (unpaired) electrons. The summed E-state index contributed by atoms with van der Waals surface area (Å²) in [5, 5.41) is 1.59. The van der Waals surface area contributed by atoms with Gasteiger partial charge in [0, 0.05) is 24.9 Å². The summed E-state index contributed by atoms with van der Waals surface area (Å²) < 4.78 is 14.5. The molecule has 3 heterocycles. The van der Waals surface area contributed by atoms with Crippen LogP contribution in [0.5, 0.6) is 11.8 Å². The molecule has 6 heteroatoms. The number of aromatic nitrogens is 2. The smallest absolute Gasteiger partial charge is 0.240 e. The summed E-state index contributed by atoms with van der Waals surface area (Å²) in [5.41, 5.74) is 8.81. The number of unbranched alkanes of at least 4 members (excludes halogenated alkanes) is 38. The van der Waals surface area contributed by atoms with Gasteiger partial charge in [-0.1, -0.05) is 360 Å². The third-order valence-corrected chi connectivity index (χ3v) is 23.3. The number of aryl methyl sites for hydroxylation is 2. The molecule has 0 amide bonds. The van der Waals surface area contributed by atoms with Crippen LogP contribution in [0, 0.1) is 25.7 Å². The van der Waals surface area contributed by atoms with E-state index in [-0.39, 0.29) is 5.41 Å². The molecule has 6 rings (SSSR count). The quantitative estimate of drug-likeness (QED) is 0.0364. The number of thiophene rings is 2. The zero-order chi connectivity index (χ0) is 67.2. The largest absolute Gasteiger partial charge is 0.476 e. The van der Waals surface area contributed by atoms with Crippen molar-refractivity contribution < 1.29 is 9.47 Å². The van der Waals surface area contributed by atoms with Gasteiger partial charge in [0.05, 0.1) is 13.2 Å². The van der Waals surface area contributed by atoms with Gasteiger partial charge in [-0.25, -0.2) is 9.97 Å². The third kappa shape index (κ3) is 30.3. The molecule has 0 saturated carbocycles. The molecule has 532 valence electrons. The van der Waals surface area contributed by atoms with Crippen molar-refractivity contribution in [1.29, 1.82) is 0 Å². The molecule has 0 spiro atoms. The molecule has 1 aliphatic carbocycles. The van der Waals surface area contributed by atoms with Crippen LogP contribution in [-0.2, 0) is 5.41 Å². The fourth-order valence-electron chi connectivity index (χ4n) is 15.3. The second-order valence-corrected chi connectivity index (χ2v) is 32.3. The molecule has 95 heavy (non-hydrogen) atoms. The standard InChI is InChI=1S/C89H142N2O2S2/c1-9-15-21-27-31-35-37-41-45-49-55-75(53-47-43-39-33-29-23-17-11-3)71-92-87-84(69-78-60-58-74(8)94-78)90-88(93-72-76(54-48-44-40-34-30-24-18-12-4)56-50-46-42-38-36-32-28-22-16-10-2)85(91-87)70-79-61-64-86(95-79)77-59-63-81-80-62-57-73(7)67-82(80)89(83(81)68-77,65-51-25-19-13-5)66-52-26-20-14-6/h57-64,67-70,75-76H,9-56,65-66,71-72H2,1-8H3/b84-69-,85-70-. The molecule has 2 unspecified atom stereocenters. The summed E-state index contributed by atoms with van der Waals surface area (Å²) in [6.07, 6.45) is 71.0. The van der Waals surface area contributed by atoms with Gasteiger partial charge in [0.15, 0.2) is 0 Å². The molecule has 0 bridgehead atoms. The molecule has 2 atom stereocenters. The van der Waals surface area contributed by atoms with Gasteiger partial charge in [-0.15, -0.1) is 22.7 Å². The number of nitrogens with zero attached hydrogens (tertiary/aromatic N) is 2. The maximum atomic E-state index is 7.25. The fraction of sp³-hybridized carbons (Fsp3) is 0.708. The maximum absolute atomic E-state index is 7.25. The first-order valence-electron chi connectivity index (χ1n) is 41.0. The third-order valence-electron chi connectivity index (χ3n) is 21.3. The molecule has 3 aromatic heterocycles. The van der Waals surface area contributed by atoms with E-state index in [9.17, 15) is 0 Å². The summed E-state index contributed by atoms with van der Waals surface area (Å²) in [4.78, 5) is 16.2.